The van der Waals surface area contributed by atoms with Crippen LogP contribution in [0, 0.1) is 0 Å². The fourth-order valence-corrected chi connectivity index (χ4v) is 0.806. The van der Waals surface area contributed by atoms with Gasteiger partial charge in [-0.2, -0.15) is 5.26 Å². The molecule has 0 aliphatic heterocycles. The molecule has 8 heteroatoms. The van der Waals surface area contributed by atoms with Crippen LogP contribution in [0.2, 0.25) is 0 Å². The number of rotatable bonds is 8. The van der Waals surface area contributed by atoms with Crippen LogP contribution < -0.4 is 0 Å². The summed E-state index contributed by atoms with van der Waals surface area (Å²) in [6.45, 7) is 7.26. The van der Waals surface area contributed by atoms with Crippen LogP contribution in [0.3, 0.4) is 0 Å². The van der Waals surface area contributed by atoms with E-state index in [1.54, 1.807) is 6.92 Å². The van der Waals surface area contributed by atoms with E-state index >= 15 is 0 Å². The number of hydrogen-bond acceptors (Lipinski definition) is 8. The summed E-state index contributed by atoms with van der Waals surface area (Å²) in [5.41, 5.74) is 0. The summed E-state index contributed by atoms with van der Waals surface area (Å²) in [5.74, 6) is -2.09. The van der Waals surface area contributed by atoms with Gasteiger partial charge in [-0.05, 0) is 13.3 Å². The maximum absolute atomic E-state index is 10.6. The minimum atomic E-state index is -1.01. The first-order valence-electron chi connectivity index (χ1n) is 6.54. The second-order valence-corrected chi connectivity index (χ2v) is 3.92. The third-order valence-electron chi connectivity index (χ3n) is 1.84. The number of ether oxygens (including phenoxy) is 2. The van der Waals surface area contributed by atoms with Gasteiger partial charge in [-0.3, -0.25) is 4.89 Å². The van der Waals surface area contributed by atoms with Crippen LogP contribution >= 0.6 is 0 Å². The molecule has 0 saturated heterocycles. The molecule has 1 unspecified atom stereocenters. The zero-order valence-corrected chi connectivity index (χ0v) is 12.7. The molecule has 22 heavy (non-hydrogen) atoms. The van der Waals surface area contributed by atoms with Crippen LogP contribution in [0.1, 0.15) is 26.7 Å². The van der Waals surface area contributed by atoms with Crippen molar-refractivity contribution in [2.45, 2.75) is 32.8 Å². The predicted octanol–water partition coefficient (Wildman–Crippen LogP) is 0.998. The number of hydrogen-bond donors (Lipinski definition) is 2. The Labute approximate surface area is 128 Å². The maximum atomic E-state index is 10.6. The van der Waals surface area contributed by atoms with Crippen LogP contribution in [0.25, 0.3) is 0 Å². The van der Waals surface area contributed by atoms with Gasteiger partial charge in [0.15, 0.2) is 0 Å². The van der Waals surface area contributed by atoms with Gasteiger partial charge in [0, 0.05) is 24.6 Å². The third kappa shape index (κ3) is 17.8. The average Bonchev–Trinajstić information content (AvgIpc) is 2.50. The fourth-order valence-electron chi connectivity index (χ4n) is 0.806. The molecule has 0 aromatic carbocycles. The summed E-state index contributed by atoms with van der Waals surface area (Å²) in [6.07, 6.45) is 3.52. The molecule has 0 bridgehead atoms. The van der Waals surface area contributed by atoms with Crippen LogP contribution in [0.15, 0.2) is 24.8 Å². The van der Waals surface area contributed by atoms with Gasteiger partial charge < -0.3 is 14.6 Å². The number of carbonyl (C=O) groups is 3. The van der Waals surface area contributed by atoms with Crippen molar-refractivity contribution in [2.75, 3.05) is 13.2 Å². The van der Waals surface area contributed by atoms with Crippen molar-refractivity contribution in [1.29, 1.82) is 0 Å². The van der Waals surface area contributed by atoms with Crippen molar-refractivity contribution < 1.29 is 39.1 Å². The first-order chi connectivity index (χ1) is 10.4. The van der Waals surface area contributed by atoms with Gasteiger partial charge in [0.2, 0.25) is 0 Å². The van der Waals surface area contributed by atoms with Gasteiger partial charge in [-0.25, -0.2) is 14.4 Å². The van der Waals surface area contributed by atoms with Gasteiger partial charge in [0.1, 0.15) is 0 Å². The smallest absolute Gasteiger partial charge is 0.365 e. The van der Waals surface area contributed by atoms with E-state index in [1.165, 1.54) is 0 Å². The van der Waals surface area contributed by atoms with Gasteiger partial charge in [-0.15, -0.1) is 0 Å². The average molecular weight is 318 g/mol. The molecule has 0 aromatic rings. The molecule has 0 fully saturated rings. The molecule has 0 spiro atoms. The van der Waals surface area contributed by atoms with E-state index in [0.717, 1.165) is 18.2 Å². The maximum Gasteiger partial charge on any atom is 0.365 e. The number of carbonyl (C=O) groups excluding carboxylic acids is 3. The zero-order valence-electron chi connectivity index (χ0n) is 12.7. The molecular weight excluding hydrogens is 296 g/mol. The van der Waals surface area contributed by atoms with Gasteiger partial charge in [-0.1, -0.05) is 13.5 Å². The van der Waals surface area contributed by atoms with Crippen molar-refractivity contribution in [1.82, 2.24) is 0 Å². The fraction of sp³-hybridized carbons (Fsp3) is 0.500. The lowest BCUT2D eigenvalue weighted by atomic mass is 10.3. The molecule has 1 atom stereocenters. The van der Waals surface area contributed by atoms with E-state index < -0.39 is 24.0 Å². The SMILES string of the molecule is C=CC(=O)OCCC(C)O.CCCOC(=O)/C=C\C(=O)OO. The highest BCUT2D eigenvalue weighted by molar-refractivity contribution is 5.91. The Morgan fingerprint density at radius 3 is 2.09 bits per heavy atom. The van der Waals surface area contributed by atoms with E-state index in [2.05, 4.69) is 20.9 Å². The summed E-state index contributed by atoms with van der Waals surface area (Å²) in [6, 6.07) is 0. The Morgan fingerprint density at radius 2 is 1.64 bits per heavy atom. The topological polar surface area (TPSA) is 119 Å². The summed E-state index contributed by atoms with van der Waals surface area (Å²) < 4.78 is 9.16. The highest BCUT2D eigenvalue weighted by Crippen LogP contribution is 1.90. The van der Waals surface area contributed by atoms with E-state index in [0.29, 0.717) is 19.4 Å². The van der Waals surface area contributed by atoms with Crippen LogP contribution in [0.5, 0.6) is 0 Å². The van der Waals surface area contributed by atoms with Crippen LogP contribution in [-0.4, -0.2) is 47.6 Å². The monoisotopic (exact) mass is 318 g/mol. The molecule has 0 saturated carbocycles. The van der Waals surface area contributed by atoms with E-state index in [1.807, 2.05) is 6.92 Å². The van der Waals surface area contributed by atoms with E-state index in [-0.39, 0.29) is 6.61 Å². The number of aliphatic hydroxyl groups is 1. The molecular formula is C14H22O8. The minimum Gasteiger partial charge on any atom is -0.463 e. The first kappa shape index (κ1) is 22.1. The Morgan fingerprint density at radius 1 is 1.09 bits per heavy atom. The summed E-state index contributed by atoms with van der Waals surface area (Å²) >= 11 is 0. The third-order valence-corrected chi connectivity index (χ3v) is 1.84. The molecule has 0 aliphatic rings. The second kappa shape index (κ2) is 15.2. The van der Waals surface area contributed by atoms with Gasteiger partial charge in [0.25, 0.3) is 0 Å². The second-order valence-electron chi connectivity index (χ2n) is 3.92. The molecule has 0 radical (unpaired) electrons. The molecule has 8 nitrogen and oxygen atoms in total. The Kier molecular flexibility index (Phi) is 15.3. The van der Waals surface area contributed by atoms with Crippen molar-refractivity contribution in [3.63, 3.8) is 0 Å². The number of esters is 2. The summed E-state index contributed by atoms with van der Waals surface area (Å²) in [4.78, 5) is 34.5. The van der Waals surface area contributed by atoms with Gasteiger partial charge >= 0.3 is 17.9 Å². The molecule has 0 rings (SSSR count). The summed E-state index contributed by atoms with van der Waals surface area (Å²) in [5, 5.41) is 16.5. The largest absolute Gasteiger partial charge is 0.463 e. The highest BCUT2D eigenvalue weighted by Gasteiger charge is 1.99. The zero-order chi connectivity index (χ0) is 17.4. The van der Waals surface area contributed by atoms with Crippen molar-refractivity contribution in [3.05, 3.63) is 24.8 Å². The summed E-state index contributed by atoms with van der Waals surface area (Å²) in [7, 11) is 0. The Hall–Kier alpha value is -2.19. The number of aliphatic hydroxyl groups excluding tert-OH is 1. The van der Waals surface area contributed by atoms with Crippen molar-refractivity contribution >= 4 is 17.9 Å². The van der Waals surface area contributed by atoms with Crippen molar-refractivity contribution in [2.24, 2.45) is 0 Å². The highest BCUT2D eigenvalue weighted by atomic mass is 17.1. The predicted molar refractivity (Wildman–Crippen MR) is 76.6 cm³/mol. The Bertz CT molecular complexity index is 373. The van der Waals surface area contributed by atoms with Crippen molar-refractivity contribution in [3.8, 4) is 0 Å². The first-order valence-corrected chi connectivity index (χ1v) is 6.54. The molecule has 126 valence electrons. The quantitative estimate of drug-likeness (QED) is 0.224. The minimum absolute atomic E-state index is 0.252. The lowest BCUT2D eigenvalue weighted by Gasteiger charge is -2.02. The van der Waals surface area contributed by atoms with Gasteiger partial charge in [0.05, 0.1) is 19.3 Å². The Balaban J connectivity index is 0. The molecule has 0 aliphatic carbocycles. The molecule has 0 heterocycles. The normalized spacial score (nSPS) is 10.9. The molecule has 0 amide bonds. The van der Waals surface area contributed by atoms with Crippen LogP contribution in [-0.2, 0) is 28.7 Å². The van der Waals surface area contributed by atoms with Crippen LogP contribution in [0.4, 0.5) is 0 Å². The van der Waals surface area contributed by atoms with E-state index in [9.17, 15) is 14.4 Å². The molecule has 0 aromatic heterocycles. The lowest BCUT2D eigenvalue weighted by Crippen LogP contribution is -2.08. The molecule has 2 N–H and O–H groups in total. The van der Waals surface area contributed by atoms with E-state index in [4.69, 9.17) is 10.4 Å². The standard InChI is InChI=1S/C7H10O5.C7H12O3/c1-2-5-11-6(8)3-4-7(9)12-10;1-3-7(9)10-5-4-6(2)8/h3-4,10H,2,5H2,1H3;3,6,8H,1,4-5H2,2H3/b4-3-;. The lowest BCUT2D eigenvalue weighted by molar-refractivity contribution is -0.228.